The highest BCUT2D eigenvalue weighted by atomic mass is 16.5. The van der Waals surface area contributed by atoms with Gasteiger partial charge in [0, 0.05) is 11.6 Å². The lowest BCUT2D eigenvalue weighted by Crippen LogP contribution is -2.47. The molecule has 1 heterocycles. The third kappa shape index (κ3) is 4.01. The first-order chi connectivity index (χ1) is 14.1. The van der Waals surface area contributed by atoms with E-state index in [0.29, 0.717) is 11.1 Å². The highest BCUT2D eigenvalue weighted by molar-refractivity contribution is 6.05. The summed E-state index contributed by atoms with van der Waals surface area (Å²) in [6.45, 7) is 1.62. The Morgan fingerprint density at radius 3 is 2.41 bits per heavy atom. The maximum Gasteiger partial charge on any atom is 0.288 e. The third-order valence-corrected chi connectivity index (χ3v) is 4.59. The molecule has 0 aliphatic heterocycles. The van der Waals surface area contributed by atoms with Gasteiger partial charge in [-0.15, -0.1) is 0 Å². The molecule has 0 aliphatic carbocycles. The van der Waals surface area contributed by atoms with E-state index in [1.54, 1.807) is 13.1 Å². The molecule has 0 aliphatic rings. The molecule has 6 nitrogen and oxygen atoms in total. The molecule has 0 fully saturated rings. The Hall–Kier alpha value is -3.93. The number of benzene rings is 3. The molecule has 0 saturated carbocycles. The fourth-order valence-electron chi connectivity index (χ4n) is 3.08. The van der Waals surface area contributed by atoms with Gasteiger partial charge in [0.15, 0.2) is 6.10 Å². The van der Waals surface area contributed by atoms with Crippen LogP contribution in [0.5, 0.6) is 5.75 Å². The molecule has 0 spiro atoms. The lowest BCUT2D eigenvalue weighted by Gasteiger charge is -2.15. The molecule has 1 atom stereocenters. The van der Waals surface area contributed by atoms with Crippen LogP contribution in [0.15, 0.2) is 79.0 Å². The van der Waals surface area contributed by atoms with Crippen LogP contribution in [0, 0.1) is 0 Å². The Balaban J connectivity index is 1.40. The highest BCUT2D eigenvalue weighted by Gasteiger charge is 2.17. The molecular formula is C23H19N3O3. The lowest BCUT2D eigenvalue weighted by atomic mass is 10.1. The van der Waals surface area contributed by atoms with E-state index in [2.05, 4.69) is 15.8 Å². The van der Waals surface area contributed by atoms with E-state index in [1.807, 2.05) is 72.8 Å². The van der Waals surface area contributed by atoms with Crippen LogP contribution in [-0.2, 0) is 4.79 Å². The second-order valence-corrected chi connectivity index (χ2v) is 6.59. The van der Waals surface area contributed by atoms with E-state index in [9.17, 15) is 9.59 Å². The molecule has 3 aromatic carbocycles. The highest BCUT2D eigenvalue weighted by Crippen LogP contribution is 2.21. The van der Waals surface area contributed by atoms with Crippen molar-refractivity contribution in [1.82, 2.24) is 15.8 Å². The van der Waals surface area contributed by atoms with Crippen LogP contribution in [0.3, 0.4) is 0 Å². The van der Waals surface area contributed by atoms with Gasteiger partial charge >= 0.3 is 0 Å². The molecule has 6 heteroatoms. The monoisotopic (exact) mass is 385 g/mol. The minimum Gasteiger partial charge on any atom is -0.481 e. The SMILES string of the molecule is CC(Oc1ccc2ccccc2c1)C(=O)NNC(=O)c1nccc2ccccc12. The molecular weight excluding hydrogens is 366 g/mol. The third-order valence-electron chi connectivity index (χ3n) is 4.59. The summed E-state index contributed by atoms with van der Waals surface area (Å²) in [5.41, 5.74) is 5.05. The molecule has 29 heavy (non-hydrogen) atoms. The van der Waals surface area contributed by atoms with Gasteiger partial charge in [0.25, 0.3) is 11.8 Å². The summed E-state index contributed by atoms with van der Waals surface area (Å²) in [6, 6.07) is 22.8. The zero-order chi connectivity index (χ0) is 20.2. The number of nitrogens with one attached hydrogen (secondary N) is 2. The van der Waals surface area contributed by atoms with Crippen LogP contribution in [0.25, 0.3) is 21.5 Å². The number of amides is 2. The number of aromatic nitrogens is 1. The van der Waals surface area contributed by atoms with Crippen molar-refractivity contribution in [3.05, 3.63) is 84.7 Å². The van der Waals surface area contributed by atoms with E-state index in [0.717, 1.165) is 16.2 Å². The molecule has 0 saturated heterocycles. The smallest absolute Gasteiger partial charge is 0.288 e. The predicted molar refractivity (Wildman–Crippen MR) is 111 cm³/mol. The summed E-state index contributed by atoms with van der Waals surface area (Å²) >= 11 is 0. The van der Waals surface area contributed by atoms with Crippen molar-refractivity contribution >= 4 is 33.4 Å². The van der Waals surface area contributed by atoms with Crippen LogP contribution in [-0.4, -0.2) is 22.9 Å². The topological polar surface area (TPSA) is 80.3 Å². The molecule has 2 amide bonds. The van der Waals surface area contributed by atoms with Crippen molar-refractivity contribution in [3.63, 3.8) is 0 Å². The summed E-state index contributed by atoms with van der Waals surface area (Å²) in [7, 11) is 0. The van der Waals surface area contributed by atoms with E-state index in [4.69, 9.17) is 4.74 Å². The Labute approximate surface area is 167 Å². The number of carbonyl (C=O) groups excluding carboxylic acids is 2. The second kappa shape index (κ2) is 7.98. The molecule has 4 aromatic rings. The van der Waals surface area contributed by atoms with Crippen LogP contribution >= 0.6 is 0 Å². The standard InChI is InChI=1S/C23H19N3O3/c1-15(29-19-11-10-16-6-2-3-8-18(16)14-19)22(27)25-26-23(28)21-20-9-5-4-7-17(20)12-13-24-21/h2-15H,1H3,(H,25,27)(H,26,28). The van der Waals surface area contributed by atoms with Crippen molar-refractivity contribution in [3.8, 4) is 5.75 Å². The maximum absolute atomic E-state index is 12.5. The van der Waals surface area contributed by atoms with Crippen LogP contribution in [0.1, 0.15) is 17.4 Å². The number of rotatable bonds is 4. The first kappa shape index (κ1) is 18.4. The van der Waals surface area contributed by atoms with Crippen molar-refractivity contribution < 1.29 is 14.3 Å². The van der Waals surface area contributed by atoms with E-state index in [1.165, 1.54) is 0 Å². The summed E-state index contributed by atoms with van der Waals surface area (Å²) in [5, 5.41) is 3.72. The minimum absolute atomic E-state index is 0.242. The van der Waals surface area contributed by atoms with Gasteiger partial charge in [-0.1, -0.05) is 54.6 Å². The number of nitrogens with zero attached hydrogens (tertiary/aromatic N) is 1. The van der Waals surface area contributed by atoms with Crippen molar-refractivity contribution in [2.24, 2.45) is 0 Å². The summed E-state index contributed by atoms with van der Waals surface area (Å²) in [6.07, 6.45) is 0.766. The first-order valence-corrected chi connectivity index (χ1v) is 9.21. The molecule has 1 unspecified atom stereocenters. The van der Waals surface area contributed by atoms with E-state index in [-0.39, 0.29) is 5.69 Å². The fourth-order valence-corrected chi connectivity index (χ4v) is 3.08. The molecule has 0 bridgehead atoms. The largest absolute Gasteiger partial charge is 0.481 e. The molecule has 2 N–H and O–H groups in total. The summed E-state index contributed by atoms with van der Waals surface area (Å²) < 4.78 is 5.71. The summed E-state index contributed by atoms with van der Waals surface area (Å²) in [5.74, 6) is -0.381. The summed E-state index contributed by atoms with van der Waals surface area (Å²) in [4.78, 5) is 28.9. The number of hydrazine groups is 1. The number of fused-ring (bicyclic) bond motifs is 2. The van der Waals surface area contributed by atoms with Crippen LogP contribution in [0.4, 0.5) is 0 Å². The first-order valence-electron chi connectivity index (χ1n) is 9.21. The second-order valence-electron chi connectivity index (χ2n) is 6.59. The molecule has 1 aromatic heterocycles. The van der Waals surface area contributed by atoms with Crippen molar-refractivity contribution in [2.75, 3.05) is 0 Å². The van der Waals surface area contributed by atoms with Gasteiger partial charge in [0.05, 0.1) is 0 Å². The van der Waals surface area contributed by atoms with Gasteiger partial charge in [0.1, 0.15) is 11.4 Å². The Kier molecular flexibility index (Phi) is 5.07. The van der Waals surface area contributed by atoms with Gasteiger partial charge in [-0.25, -0.2) is 0 Å². The predicted octanol–water partition coefficient (Wildman–Crippen LogP) is 3.62. The number of pyridine rings is 1. The number of hydrogen-bond acceptors (Lipinski definition) is 4. The zero-order valence-electron chi connectivity index (χ0n) is 15.8. The van der Waals surface area contributed by atoms with E-state index < -0.39 is 17.9 Å². The average Bonchev–Trinajstić information content (AvgIpc) is 2.76. The Morgan fingerprint density at radius 2 is 1.59 bits per heavy atom. The Bertz CT molecular complexity index is 1200. The molecule has 4 rings (SSSR count). The van der Waals surface area contributed by atoms with Crippen molar-refractivity contribution in [1.29, 1.82) is 0 Å². The van der Waals surface area contributed by atoms with E-state index >= 15 is 0 Å². The van der Waals surface area contributed by atoms with Crippen LogP contribution < -0.4 is 15.6 Å². The number of carbonyl (C=O) groups is 2. The number of ether oxygens (including phenoxy) is 1. The van der Waals surface area contributed by atoms with Gasteiger partial charge in [0.2, 0.25) is 0 Å². The fraction of sp³-hybridized carbons (Fsp3) is 0.0870. The minimum atomic E-state index is -0.795. The van der Waals surface area contributed by atoms with Gasteiger partial charge in [-0.2, -0.15) is 0 Å². The quantitative estimate of drug-likeness (QED) is 0.526. The van der Waals surface area contributed by atoms with Gasteiger partial charge in [-0.3, -0.25) is 25.4 Å². The molecule has 0 radical (unpaired) electrons. The maximum atomic E-state index is 12.5. The van der Waals surface area contributed by atoms with Crippen molar-refractivity contribution in [2.45, 2.75) is 13.0 Å². The zero-order valence-corrected chi connectivity index (χ0v) is 15.8. The normalized spacial score (nSPS) is 11.8. The number of hydrogen-bond donors (Lipinski definition) is 2. The average molecular weight is 385 g/mol. The lowest BCUT2D eigenvalue weighted by molar-refractivity contribution is -0.128. The molecule has 144 valence electrons. The van der Waals surface area contributed by atoms with Gasteiger partial charge < -0.3 is 4.74 Å². The van der Waals surface area contributed by atoms with Crippen LogP contribution in [0.2, 0.25) is 0 Å². The Morgan fingerprint density at radius 1 is 0.862 bits per heavy atom. The van der Waals surface area contributed by atoms with Gasteiger partial charge in [-0.05, 0) is 41.3 Å².